The molecule has 0 radical (unpaired) electrons. The zero-order chi connectivity index (χ0) is 16.0. The Balaban J connectivity index is 2.97. The van der Waals surface area contributed by atoms with Crippen LogP contribution in [0.25, 0.3) is 0 Å². The first-order chi connectivity index (χ1) is 9.81. The molecule has 21 heavy (non-hydrogen) atoms. The zero-order valence-electron chi connectivity index (χ0n) is 12.5. The number of carboxylic acid groups (broad SMARTS) is 1. The van der Waals surface area contributed by atoms with Crippen molar-refractivity contribution in [1.82, 2.24) is 4.72 Å². The smallest absolute Gasteiger partial charge is 0.305 e. The summed E-state index contributed by atoms with van der Waals surface area (Å²) in [6, 6.07) is 6.30. The van der Waals surface area contributed by atoms with Crippen molar-refractivity contribution >= 4 is 21.7 Å². The first-order valence-corrected chi connectivity index (χ1v) is 8.38. The van der Waals surface area contributed by atoms with Crippen molar-refractivity contribution in [2.45, 2.75) is 38.1 Å². The molecule has 6 nitrogen and oxygen atoms in total. The fourth-order valence-electron chi connectivity index (χ4n) is 2.20. The van der Waals surface area contributed by atoms with Crippen LogP contribution in [0.4, 0.5) is 5.69 Å². The van der Waals surface area contributed by atoms with E-state index in [-0.39, 0.29) is 17.4 Å². The second-order valence-corrected chi connectivity index (χ2v) is 6.50. The maximum absolute atomic E-state index is 11.9. The lowest BCUT2D eigenvalue weighted by Gasteiger charge is -2.29. The highest BCUT2D eigenvalue weighted by molar-refractivity contribution is 7.89. The quantitative estimate of drug-likeness (QED) is 0.762. The van der Waals surface area contributed by atoms with Crippen molar-refractivity contribution < 1.29 is 18.3 Å². The fourth-order valence-corrected chi connectivity index (χ4v) is 3.24. The average Bonchev–Trinajstić information content (AvgIpc) is 2.39. The monoisotopic (exact) mass is 314 g/mol. The van der Waals surface area contributed by atoms with E-state index in [1.54, 1.807) is 19.1 Å². The van der Waals surface area contributed by atoms with Crippen LogP contribution < -0.4 is 9.62 Å². The summed E-state index contributed by atoms with van der Waals surface area (Å²) in [6.07, 6.45) is 0.0330. The molecular weight excluding hydrogens is 292 g/mol. The number of hydrogen-bond donors (Lipinski definition) is 2. The molecule has 1 unspecified atom stereocenters. The van der Waals surface area contributed by atoms with Crippen LogP contribution in [0.5, 0.6) is 0 Å². The predicted molar refractivity (Wildman–Crippen MR) is 82.0 cm³/mol. The lowest BCUT2D eigenvalue weighted by molar-refractivity contribution is -0.137. The molecule has 0 amide bonds. The van der Waals surface area contributed by atoms with Crippen LogP contribution in [0, 0.1) is 0 Å². The Labute approximate surface area is 125 Å². The molecule has 0 bridgehead atoms. The lowest BCUT2D eigenvalue weighted by Crippen LogP contribution is -2.34. The van der Waals surface area contributed by atoms with E-state index in [2.05, 4.69) is 4.72 Å². The Morgan fingerprint density at radius 1 is 1.29 bits per heavy atom. The third-order valence-electron chi connectivity index (χ3n) is 3.16. The predicted octanol–water partition coefficient (Wildman–Crippen LogP) is 1.67. The molecule has 0 saturated carbocycles. The number of rotatable bonds is 8. The molecule has 0 aliphatic rings. The van der Waals surface area contributed by atoms with Gasteiger partial charge in [-0.25, -0.2) is 13.1 Å². The van der Waals surface area contributed by atoms with Crippen LogP contribution in [0.2, 0.25) is 0 Å². The van der Waals surface area contributed by atoms with Gasteiger partial charge in [-0.1, -0.05) is 6.92 Å². The number of nitrogens with zero attached hydrogens (tertiary/aromatic N) is 1. The Hall–Kier alpha value is -1.60. The highest BCUT2D eigenvalue weighted by Gasteiger charge is 2.17. The molecule has 1 rings (SSSR count). The van der Waals surface area contributed by atoms with Gasteiger partial charge >= 0.3 is 5.97 Å². The molecule has 1 atom stereocenters. The van der Waals surface area contributed by atoms with E-state index in [1.807, 2.05) is 18.7 Å². The molecule has 0 aliphatic carbocycles. The number of aliphatic carboxylic acids is 1. The minimum absolute atomic E-state index is 0.0330. The van der Waals surface area contributed by atoms with Crippen molar-refractivity contribution in [3.63, 3.8) is 0 Å². The first kappa shape index (κ1) is 17.5. The van der Waals surface area contributed by atoms with Crippen molar-refractivity contribution in [2.24, 2.45) is 0 Å². The number of benzene rings is 1. The summed E-state index contributed by atoms with van der Waals surface area (Å²) in [4.78, 5) is 12.9. The minimum Gasteiger partial charge on any atom is -0.481 e. The number of anilines is 1. The second-order valence-electron chi connectivity index (χ2n) is 4.73. The standard InChI is InChI=1S/C14H22N2O4S/c1-4-15-21(19,20)13-8-6-12(7-9-13)16(5-2)11(3)10-14(17)18/h6-9,11,15H,4-5,10H2,1-3H3,(H,17,18). The number of nitrogens with one attached hydrogen (secondary N) is 1. The Bertz CT molecular complexity index is 569. The molecule has 0 saturated heterocycles. The van der Waals surface area contributed by atoms with Crippen LogP contribution in [0.15, 0.2) is 29.2 Å². The van der Waals surface area contributed by atoms with Crippen LogP contribution in [0.1, 0.15) is 27.2 Å². The zero-order valence-corrected chi connectivity index (χ0v) is 13.4. The molecular formula is C14H22N2O4S. The Kier molecular flexibility index (Phi) is 6.17. The maximum atomic E-state index is 11.9. The number of sulfonamides is 1. The molecule has 0 spiro atoms. The number of carbonyl (C=O) groups is 1. The first-order valence-electron chi connectivity index (χ1n) is 6.90. The molecule has 0 aliphatic heterocycles. The fraction of sp³-hybridized carbons (Fsp3) is 0.500. The largest absolute Gasteiger partial charge is 0.481 e. The van der Waals surface area contributed by atoms with Gasteiger partial charge in [0.25, 0.3) is 0 Å². The van der Waals surface area contributed by atoms with E-state index in [0.29, 0.717) is 13.1 Å². The third kappa shape index (κ3) is 4.71. The van der Waals surface area contributed by atoms with E-state index in [0.717, 1.165) is 5.69 Å². The second kappa shape index (κ2) is 7.42. The Morgan fingerprint density at radius 2 is 1.86 bits per heavy atom. The van der Waals surface area contributed by atoms with Crippen molar-refractivity contribution in [3.8, 4) is 0 Å². The minimum atomic E-state index is -3.46. The summed E-state index contributed by atoms with van der Waals surface area (Å²) < 4.78 is 26.2. The van der Waals surface area contributed by atoms with Gasteiger partial charge in [-0.05, 0) is 38.1 Å². The van der Waals surface area contributed by atoms with E-state index >= 15 is 0 Å². The van der Waals surface area contributed by atoms with Crippen LogP contribution >= 0.6 is 0 Å². The molecule has 118 valence electrons. The van der Waals surface area contributed by atoms with Crippen molar-refractivity contribution in [3.05, 3.63) is 24.3 Å². The summed E-state index contributed by atoms with van der Waals surface area (Å²) >= 11 is 0. The van der Waals surface area contributed by atoms with Crippen LogP contribution in [-0.2, 0) is 14.8 Å². The molecule has 0 fully saturated rings. The number of carboxylic acids is 1. The van der Waals surface area contributed by atoms with E-state index in [4.69, 9.17) is 5.11 Å². The van der Waals surface area contributed by atoms with Gasteiger partial charge in [0.1, 0.15) is 0 Å². The lowest BCUT2D eigenvalue weighted by atomic mass is 10.1. The van der Waals surface area contributed by atoms with Crippen LogP contribution in [-0.4, -0.2) is 38.6 Å². The third-order valence-corrected chi connectivity index (χ3v) is 4.72. The maximum Gasteiger partial charge on any atom is 0.305 e. The van der Waals surface area contributed by atoms with Gasteiger partial charge in [-0.3, -0.25) is 4.79 Å². The SMILES string of the molecule is CCNS(=O)(=O)c1ccc(N(CC)C(C)CC(=O)O)cc1. The molecule has 1 aromatic carbocycles. The molecule has 7 heteroatoms. The van der Waals surface area contributed by atoms with Gasteiger partial charge in [0.2, 0.25) is 10.0 Å². The van der Waals surface area contributed by atoms with Gasteiger partial charge < -0.3 is 10.0 Å². The topological polar surface area (TPSA) is 86.7 Å². The molecule has 0 heterocycles. The van der Waals surface area contributed by atoms with Gasteiger partial charge in [-0.15, -0.1) is 0 Å². The highest BCUT2D eigenvalue weighted by atomic mass is 32.2. The summed E-state index contributed by atoms with van der Waals surface area (Å²) in [5.74, 6) is -0.854. The summed E-state index contributed by atoms with van der Waals surface area (Å²) in [5.41, 5.74) is 0.807. The van der Waals surface area contributed by atoms with Gasteiger partial charge in [0.15, 0.2) is 0 Å². The van der Waals surface area contributed by atoms with Crippen molar-refractivity contribution in [2.75, 3.05) is 18.0 Å². The Morgan fingerprint density at radius 3 is 2.29 bits per heavy atom. The molecule has 2 N–H and O–H groups in total. The van der Waals surface area contributed by atoms with Gasteiger partial charge in [0, 0.05) is 24.8 Å². The average molecular weight is 314 g/mol. The summed E-state index contributed by atoms with van der Waals surface area (Å²) in [5, 5.41) is 8.87. The number of hydrogen-bond acceptors (Lipinski definition) is 4. The molecule has 0 aromatic heterocycles. The van der Waals surface area contributed by atoms with E-state index in [9.17, 15) is 13.2 Å². The van der Waals surface area contributed by atoms with Gasteiger partial charge in [0.05, 0.1) is 11.3 Å². The highest BCUT2D eigenvalue weighted by Crippen LogP contribution is 2.21. The van der Waals surface area contributed by atoms with Gasteiger partial charge in [-0.2, -0.15) is 0 Å². The summed E-state index contributed by atoms with van der Waals surface area (Å²) in [7, 11) is -3.46. The normalized spacial score (nSPS) is 12.9. The molecule has 1 aromatic rings. The van der Waals surface area contributed by atoms with Crippen LogP contribution in [0.3, 0.4) is 0 Å². The van der Waals surface area contributed by atoms with Crippen molar-refractivity contribution in [1.29, 1.82) is 0 Å². The van der Waals surface area contributed by atoms with E-state index in [1.165, 1.54) is 12.1 Å². The summed E-state index contributed by atoms with van der Waals surface area (Å²) in [6.45, 7) is 6.47. The van der Waals surface area contributed by atoms with E-state index < -0.39 is 16.0 Å².